The van der Waals surface area contributed by atoms with Crippen molar-refractivity contribution in [2.75, 3.05) is 6.54 Å². The molecule has 0 aromatic rings. The van der Waals surface area contributed by atoms with Crippen LogP contribution in [0.1, 0.15) is 123 Å². The minimum absolute atomic E-state index is 0.198. The van der Waals surface area contributed by atoms with Crippen LogP contribution in [0.2, 0.25) is 0 Å². The van der Waals surface area contributed by atoms with Crippen LogP contribution in [0.15, 0.2) is 85.1 Å². The number of allylic oxidation sites excluding steroid dienone is 13. The van der Waals surface area contributed by atoms with Gasteiger partial charge in [-0.25, -0.2) is 4.79 Å². The maximum atomic E-state index is 12.6. The molecule has 46 heavy (non-hydrogen) atoms. The average Bonchev–Trinajstić information content (AvgIpc) is 3.04. The van der Waals surface area contributed by atoms with Crippen molar-refractivity contribution in [3.63, 3.8) is 0 Å². The molecule has 1 amide bonds. The Balaban J connectivity index is 4.57. The third-order valence-corrected chi connectivity index (χ3v) is 6.95. The molecule has 2 unspecified atom stereocenters. The van der Waals surface area contributed by atoms with Gasteiger partial charge in [0.25, 0.3) is 0 Å². The number of hydrogen-bond acceptors (Lipinski definition) is 5. The first-order valence-corrected chi connectivity index (χ1v) is 17.4. The van der Waals surface area contributed by atoms with E-state index in [1.54, 1.807) is 0 Å². The zero-order chi connectivity index (χ0) is 33.9. The number of nitrogens with one attached hydrogen (secondary N) is 1. The van der Waals surface area contributed by atoms with Crippen molar-refractivity contribution in [2.45, 2.75) is 135 Å². The van der Waals surface area contributed by atoms with E-state index in [2.05, 4.69) is 92.1 Å². The summed E-state index contributed by atoms with van der Waals surface area (Å²) >= 11 is 0. The SMILES string of the molecule is CC/C=C\C/C=C\C/C=C\C/C=C\CCC(=O)OC(/C=C\C/C=C\C/C=C\CC)CCCCCCC(=O)NC(CCCN)C(=O)O. The topological polar surface area (TPSA) is 119 Å². The molecule has 258 valence electrons. The first-order chi connectivity index (χ1) is 22.4. The highest BCUT2D eigenvalue weighted by Gasteiger charge is 2.18. The van der Waals surface area contributed by atoms with Gasteiger partial charge in [0.05, 0.1) is 0 Å². The van der Waals surface area contributed by atoms with Crippen molar-refractivity contribution in [1.29, 1.82) is 0 Å². The fourth-order valence-corrected chi connectivity index (χ4v) is 4.39. The summed E-state index contributed by atoms with van der Waals surface area (Å²) in [7, 11) is 0. The number of esters is 1. The molecule has 0 aliphatic heterocycles. The van der Waals surface area contributed by atoms with Gasteiger partial charge in [-0.1, -0.05) is 106 Å². The predicted octanol–water partition coefficient (Wildman–Crippen LogP) is 8.99. The monoisotopic (exact) mass is 638 g/mol. The molecule has 0 bridgehead atoms. The van der Waals surface area contributed by atoms with Gasteiger partial charge < -0.3 is 20.9 Å². The maximum absolute atomic E-state index is 12.6. The Morgan fingerprint density at radius 2 is 1.17 bits per heavy atom. The summed E-state index contributed by atoms with van der Waals surface area (Å²) in [6.45, 7) is 4.64. The van der Waals surface area contributed by atoms with Crippen LogP contribution in [0, 0.1) is 0 Å². The number of rotatable bonds is 29. The average molecular weight is 639 g/mol. The van der Waals surface area contributed by atoms with E-state index < -0.39 is 12.0 Å². The Hall–Kier alpha value is -3.45. The van der Waals surface area contributed by atoms with E-state index in [4.69, 9.17) is 10.5 Å². The van der Waals surface area contributed by atoms with Gasteiger partial charge in [0.15, 0.2) is 0 Å². The Morgan fingerprint density at radius 1 is 0.652 bits per heavy atom. The van der Waals surface area contributed by atoms with Crippen LogP contribution in [0.5, 0.6) is 0 Å². The van der Waals surface area contributed by atoms with Crippen molar-refractivity contribution >= 4 is 17.8 Å². The largest absolute Gasteiger partial charge is 0.480 e. The summed E-state index contributed by atoms with van der Waals surface area (Å²) in [6, 6.07) is -0.885. The molecule has 0 radical (unpaired) electrons. The number of amides is 1. The number of hydrogen-bond donors (Lipinski definition) is 3. The number of carbonyl (C=O) groups is 3. The first-order valence-electron chi connectivity index (χ1n) is 17.4. The van der Waals surface area contributed by atoms with Gasteiger partial charge in [-0.3, -0.25) is 9.59 Å². The summed E-state index contributed by atoms with van der Waals surface area (Å²) in [5.74, 6) is -1.47. The van der Waals surface area contributed by atoms with Crippen molar-refractivity contribution in [1.82, 2.24) is 5.32 Å². The van der Waals surface area contributed by atoms with Gasteiger partial charge in [0.2, 0.25) is 5.91 Å². The number of carboxylic acid groups (broad SMARTS) is 1. The van der Waals surface area contributed by atoms with Crippen LogP contribution in [0.4, 0.5) is 0 Å². The van der Waals surface area contributed by atoms with Crippen LogP contribution in [0.3, 0.4) is 0 Å². The van der Waals surface area contributed by atoms with Crippen LogP contribution >= 0.6 is 0 Å². The number of aliphatic carboxylic acids is 1. The van der Waals surface area contributed by atoms with Gasteiger partial charge in [0.1, 0.15) is 12.1 Å². The molecule has 4 N–H and O–H groups in total. The van der Waals surface area contributed by atoms with Crippen LogP contribution in [-0.2, 0) is 19.1 Å². The van der Waals surface area contributed by atoms with Crippen molar-refractivity contribution < 1.29 is 24.2 Å². The molecule has 0 aromatic heterocycles. The molecular formula is C39H62N2O5. The lowest BCUT2D eigenvalue weighted by molar-refractivity contribution is -0.147. The molecule has 0 rings (SSSR count). The van der Waals surface area contributed by atoms with Gasteiger partial charge >= 0.3 is 11.9 Å². The summed E-state index contributed by atoms with van der Waals surface area (Å²) in [4.78, 5) is 36.1. The number of nitrogens with two attached hydrogens (primary N) is 1. The fraction of sp³-hybridized carbons (Fsp3) is 0.564. The second-order valence-corrected chi connectivity index (χ2v) is 11.2. The molecular weight excluding hydrogens is 576 g/mol. The third-order valence-electron chi connectivity index (χ3n) is 6.95. The fourth-order valence-electron chi connectivity index (χ4n) is 4.39. The number of unbranched alkanes of at least 4 members (excludes halogenated alkanes) is 3. The molecule has 2 atom stereocenters. The Labute approximate surface area is 279 Å². The zero-order valence-electron chi connectivity index (χ0n) is 28.6. The van der Waals surface area contributed by atoms with Crippen molar-refractivity contribution in [3.05, 3.63) is 85.1 Å². The Kier molecular flexibility index (Phi) is 30.5. The first kappa shape index (κ1) is 42.6. The van der Waals surface area contributed by atoms with E-state index in [1.807, 2.05) is 12.2 Å². The second-order valence-electron chi connectivity index (χ2n) is 11.2. The highest BCUT2D eigenvalue weighted by molar-refractivity contribution is 5.83. The van der Waals surface area contributed by atoms with Gasteiger partial charge in [-0.15, -0.1) is 0 Å². The number of carboxylic acids is 1. The van der Waals surface area contributed by atoms with E-state index in [0.29, 0.717) is 45.1 Å². The lowest BCUT2D eigenvalue weighted by Gasteiger charge is -2.15. The lowest BCUT2D eigenvalue weighted by Crippen LogP contribution is -2.40. The minimum Gasteiger partial charge on any atom is -0.480 e. The molecule has 0 saturated heterocycles. The molecule has 0 aliphatic carbocycles. The summed E-state index contributed by atoms with van der Waals surface area (Å²) < 4.78 is 5.81. The van der Waals surface area contributed by atoms with Gasteiger partial charge in [-0.2, -0.15) is 0 Å². The van der Waals surface area contributed by atoms with E-state index in [9.17, 15) is 19.5 Å². The normalized spacial score (nSPS) is 13.8. The minimum atomic E-state index is -1.03. The summed E-state index contributed by atoms with van der Waals surface area (Å²) in [5.41, 5.74) is 5.46. The Morgan fingerprint density at radius 3 is 1.72 bits per heavy atom. The quantitative estimate of drug-likeness (QED) is 0.0427. The standard InChI is InChI=1S/C39H62N2O5/c1-3-5-7-9-11-13-14-15-16-17-19-21-27-33-38(43)46-35(29-24-20-18-12-10-8-6-4-2)30-25-22-23-26-32-37(42)41-36(39(44)45)31-28-34-40/h5-8,11-13,15-16,18-19,21,24,29,35-36H,3-4,9-10,14,17,20,22-23,25-28,30-34,40H2,1-2H3,(H,41,42)(H,44,45)/b7-5-,8-6-,13-11-,16-15-,18-12-,21-19-,29-24-. The zero-order valence-corrected chi connectivity index (χ0v) is 28.6. The predicted molar refractivity (Wildman–Crippen MR) is 192 cm³/mol. The molecule has 0 aromatic carbocycles. The van der Waals surface area contributed by atoms with Crippen LogP contribution in [-0.4, -0.2) is 41.6 Å². The summed E-state index contributed by atoms with van der Waals surface area (Å²) in [6.07, 6.45) is 42.2. The third kappa shape index (κ3) is 29.3. The highest BCUT2D eigenvalue weighted by atomic mass is 16.5. The van der Waals surface area contributed by atoms with E-state index in [0.717, 1.165) is 70.6 Å². The van der Waals surface area contributed by atoms with Crippen molar-refractivity contribution in [2.24, 2.45) is 5.73 Å². The smallest absolute Gasteiger partial charge is 0.326 e. The molecule has 0 aliphatic rings. The second kappa shape index (κ2) is 32.9. The molecule has 7 nitrogen and oxygen atoms in total. The lowest BCUT2D eigenvalue weighted by atomic mass is 10.1. The van der Waals surface area contributed by atoms with Crippen molar-refractivity contribution in [3.8, 4) is 0 Å². The molecule has 0 heterocycles. The van der Waals surface area contributed by atoms with E-state index in [-0.39, 0.29) is 18.0 Å². The molecule has 0 saturated carbocycles. The van der Waals surface area contributed by atoms with Crippen LogP contribution < -0.4 is 11.1 Å². The molecule has 0 spiro atoms. The maximum Gasteiger partial charge on any atom is 0.326 e. The van der Waals surface area contributed by atoms with Gasteiger partial charge in [0, 0.05) is 12.8 Å². The number of carbonyl (C=O) groups excluding carboxylic acids is 2. The van der Waals surface area contributed by atoms with E-state index in [1.165, 1.54) is 0 Å². The number of ether oxygens (including phenoxy) is 1. The molecule has 7 heteroatoms. The highest BCUT2D eigenvalue weighted by Crippen LogP contribution is 2.13. The van der Waals surface area contributed by atoms with E-state index >= 15 is 0 Å². The molecule has 0 fully saturated rings. The van der Waals surface area contributed by atoms with Crippen LogP contribution in [0.25, 0.3) is 0 Å². The summed E-state index contributed by atoms with van der Waals surface area (Å²) in [5, 5.41) is 11.9. The van der Waals surface area contributed by atoms with Gasteiger partial charge in [-0.05, 0) is 96.1 Å². The Bertz CT molecular complexity index is 990.